The van der Waals surface area contributed by atoms with Crippen molar-refractivity contribution in [1.82, 2.24) is 9.88 Å². The summed E-state index contributed by atoms with van der Waals surface area (Å²) in [6.45, 7) is 1.08. The van der Waals surface area contributed by atoms with Crippen LogP contribution in [-0.4, -0.2) is 65.8 Å². The molecule has 2 fully saturated rings. The van der Waals surface area contributed by atoms with E-state index < -0.39 is 12.0 Å². The molecular weight excluding hydrogens is 334 g/mol. The van der Waals surface area contributed by atoms with E-state index in [1.54, 1.807) is 23.2 Å². The van der Waals surface area contributed by atoms with Crippen LogP contribution in [0.25, 0.3) is 0 Å². The maximum absolute atomic E-state index is 13.2. The first-order valence-corrected chi connectivity index (χ1v) is 9.36. The highest BCUT2D eigenvalue weighted by Gasteiger charge is 2.32. The third kappa shape index (κ3) is 4.15. The van der Waals surface area contributed by atoms with E-state index in [0.717, 1.165) is 12.8 Å². The molecule has 7 heteroatoms. The molecule has 1 N–H and O–H groups in total. The molecule has 0 aromatic carbocycles. The van der Waals surface area contributed by atoms with Crippen molar-refractivity contribution in [3.63, 3.8) is 0 Å². The van der Waals surface area contributed by atoms with Gasteiger partial charge in [-0.1, -0.05) is 19.3 Å². The Morgan fingerprint density at radius 1 is 1.35 bits per heavy atom. The maximum Gasteiger partial charge on any atom is 0.305 e. The molecule has 1 aliphatic carbocycles. The zero-order valence-corrected chi connectivity index (χ0v) is 15.3. The van der Waals surface area contributed by atoms with E-state index in [4.69, 9.17) is 9.84 Å². The number of hydrogen-bond acceptors (Lipinski definition) is 5. The van der Waals surface area contributed by atoms with Gasteiger partial charge in [-0.15, -0.1) is 0 Å². The molecule has 3 rings (SSSR count). The topological polar surface area (TPSA) is 83.0 Å². The molecule has 7 nitrogen and oxygen atoms in total. The number of pyridine rings is 1. The molecule has 2 heterocycles. The summed E-state index contributed by atoms with van der Waals surface area (Å²) in [6.07, 6.45) is 7.49. The average Bonchev–Trinajstić information content (AvgIpc) is 2.67. The van der Waals surface area contributed by atoms with Crippen molar-refractivity contribution in [3.05, 3.63) is 23.9 Å². The van der Waals surface area contributed by atoms with Crippen molar-refractivity contribution < 1.29 is 19.4 Å². The van der Waals surface area contributed by atoms with Gasteiger partial charge in [0.25, 0.3) is 5.91 Å². The van der Waals surface area contributed by atoms with Crippen molar-refractivity contribution in [2.75, 3.05) is 31.7 Å². The number of ether oxygens (including phenoxy) is 1. The van der Waals surface area contributed by atoms with Crippen LogP contribution in [0.5, 0.6) is 0 Å². The van der Waals surface area contributed by atoms with Crippen molar-refractivity contribution in [1.29, 1.82) is 0 Å². The second kappa shape index (κ2) is 8.49. The van der Waals surface area contributed by atoms with Gasteiger partial charge in [-0.25, -0.2) is 4.98 Å². The highest BCUT2D eigenvalue weighted by molar-refractivity contribution is 5.99. The van der Waals surface area contributed by atoms with Gasteiger partial charge in [0.15, 0.2) is 0 Å². The van der Waals surface area contributed by atoms with Crippen LogP contribution in [0.2, 0.25) is 0 Å². The maximum atomic E-state index is 13.2. The second-order valence-electron chi connectivity index (χ2n) is 7.10. The lowest BCUT2D eigenvalue weighted by molar-refractivity contribution is -0.139. The first-order chi connectivity index (χ1) is 12.6. The molecule has 0 bridgehead atoms. The Morgan fingerprint density at radius 3 is 2.85 bits per heavy atom. The number of carboxylic acids is 1. The van der Waals surface area contributed by atoms with Crippen LogP contribution in [0.15, 0.2) is 18.3 Å². The van der Waals surface area contributed by atoms with Gasteiger partial charge in [-0.05, 0) is 25.0 Å². The molecule has 2 aliphatic rings. The van der Waals surface area contributed by atoms with Gasteiger partial charge in [0, 0.05) is 25.8 Å². The molecular formula is C19H27N3O4. The highest BCUT2D eigenvalue weighted by atomic mass is 16.5. The van der Waals surface area contributed by atoms with Gasteiger partial charge in [-0.3, -0.25) is 9.59 Å². The molecule has 1 aromatic rings. The van der Waals surface area contributed by atoms with Crippen molar-refractivity contribution >= 4 is 17.7 Å². The van der Waals surface area contributed by atoms with Crippen LogP contribution >= 0.6 is 0 Å². The zero-order chi connectivity index (χ0) is 18.5. The predicted octanol–water partition coefficient (Wildman–Crippen LogP) is 2.17. The minimum Gasteiger partial charge on any atom is -0.481 e. The van der Waals surface area contributed by atoms with Crippen molar-refractivity contribution in [3.8, 4) is 0 Å². The number of aliphatic carboxylic acids is 1. The number of morpholine rings is 1. The fourth-order valence-corrected chi connectivity index (χ4v) is 3.93. The Balaban J connectivity index is 1.83. The number of nitrogens with zero attached hydrogens (tertiary/aromatic N) is 3. The number of anilines is 1. The average molecular weight is 361 g/mol. The number of amides is 1. The Labute approximate surface area is 153 Å². The Hall–Kier alpha value is -2.15. The fraction of sp³-hybridized carbons (Fsp3) is 0.632. The summed E-state index contributed by atoms with van der Waals surface area (Å²) in [5, 5.41) is 9.13. The molecule has 1 saturated carbocycles. The summed E-state index contributed by atoms with van der Waals surface area (Å²) in [5.74, 6) is -0.403. The quantitative estimate of drug-likeness (QED) is 0.865. The van der Waals surface area contributed by atoms with Crippen LogP contribution in [0.3, 0.4) is 0 Å². The van der Waals surface area contributed by atoms with E-state index in [0.29, 0.717) is 30.6 Å². The normalized spacial score (nSPS) is 21.4. The number of carbonyl (C=O) groups excluding carboxylic acids is 1. The first kappa shape index (κ1) is 18.6. The summed E-state index contributed by atoms with van der Waals surface area (Å²) in [6, 6.07) is 3.50. The minimum atomic E-state index is -0.927. The molecule has 1 saturated heterocycles. The van der Waals surface area contributed by atoms with E-state index in [9.17, 15) is 9.59 Å². The molecule has 1 amide bonds. The summed E-state index contributed by atoms with van der Waals surface area (Å²) in [7, 11) is 2.00. The molecule has 1 aliphatic heterocycles. The van der Waals surface area contributed by atoms with E-state index in [1.165, 1.54) is 19.3 Å². The lowest BCUT2D eigenvalue weighted by Crippen LogP contribution is -2.50. The number of carboxylic acid groups (broad SMARTS) is 1. The monoisotopic (exact) mass is 361 g/mol. The van der Waals surface area contributed by atoms with E-state index >= 15 is 0 Å². The van der Waals surface area contributed by atoms with Gasteiger partial charge in [0.05, 0.1) is 31.2 Å². The van der Waals surface area contributed by atoms with Gasteiger partial charge in [-0.2, -0.15) is 0 Å². The molecule has 26 heavy (non-hydrogen) atoms. The van der Waals surface area contributed by atoms with Gasteiger partial charge < -0.3 is 19.6 Å². The standard InChI is InChI=1S/C19H27N3O4/c1-21(14-6-3-2-4-7-14)18-16(8-5-9-20-18)19(25)22-10-11-26-13-15(22)12-17(23)24/h5,8-9,14-15H,2-4,6-7,10-13H2,1H3,(H,23,24)/t15-/m1/s1. The zero-order valence-electron chi connectivity index (χ0n) is 15.3. The molecule has 0 spiro atoms. The third-order valence-electron chi connectivity index (χ3n) is 5.37. The summed E-state index contributed by atoms with van der Waals surface area (Å²) in [4.78, 5) is 32.6. The smallest absolute Gasteiger partial charge is 0.305 e. The second-order valence-corrected chi connectivity index (χ2v) is 7.10. The number of hydrogen-bond donors (Lipinski definition) is 1. The first-order valence-electron chi connectivity index (χ1n) is 9.36. The number of aromatic nitrogens is 1. The van der Waals surface area contributed by atoms with E-state index in [1.807, 2.05) is 7.05 Å². The Kier molecular flexibility index (Phi) is 6.08. The molecule has 1 atom stereocenters. The summed E-state index contributed by atoms with van der Waals surface area (Å²) in [5.41, 5.74) is 0.540. The third-order valence-corrected chi connectivity index (χ3v) is 5.37. The van der Waals surface area contributed by atoms with E-state index in [-0.39, 0.29) is 18.9 Å². The van der Waals surface area contributed by atoms with Crippen molar-refractivity contribution in [2.45, 2.75) is 50.6 Å². The SMILES string of the molecule is CN(c1ncccc1C(=O)N1CCOC[C@H]1CC(=O)O)C1CCCCC1. The highest BCUT2D eigenvalue weighted by Crippen LogP contribution is 2.28. The van der Waals surface area contributed by atoms with Crippen LogP contribution in [-0.2, 0) is 9.53 Å². The van der Waals surface area contributed by atoms with Crippen LogP contribution in [0.4, 0.5) is 5.82 Å². The van der Waals surface area contributed by atoms with Crippen LogP contribution in [0.1, 0.15) is 48.9 Å². The van der Waals surface area contributed by atoms with Crippen molar-refractivity contribution in [2.24, 2.45) is 0 Å². The van der Waals surface area contributed by atoms with Crippen LogP contribution < -0.4 is 4.90 Å². The molecule has 0 unspecified atom stereocenters. The lowest BCUT2D eigenvalue weighted by Gasteiger charge is -2.37. The Bertz CT molecular complexity index is 645. The minimum absolute atomic E-state index is 0.111. The molecule has 142 valence electrons. The van der Waals surface area contributed by atoms with E-state index in [2.05, 4.69) is 9.88 Å². The Morgan fingerprint density at radius 2 is 2.12 bits per heavy atom. The van der Waals surface area contributed by atoms with Gasteiger partial charge in [0.1, 0.15) is 5.82 Å². The number of rotatable bonds is 5. The predicted molar refractivity (Wildman–Crippen MR) is 97.4 cm³/mol. The number of carbonyl (C=O) groups is 2. The lowest BCUT2D eigenvalue weighted by atomic mass is 9.94. The fourth-order valence-electron chi connectivity index (χ4n) is 3.93. The van der Waals surface area contributed by atoms with Crippen LogP contribution in [0, 0.1) is 0 Å². The van der Waals surface area contributed by atoms with Gasteiger partial charge >= 0.3 is 5.97 Å². The van der Waals surface area contributed by atoms with Gasteiger partial charge in [0.2, 0.25) is 0 Å². The molecule has 1 aromatic heterocycles. The summed E-state index contributed by atoms with van der Waals surface area (Å²) < 4.78 is 5.39. The largest absolute Gasteiger partial charge is 0.481 e. The summed E-state index contributed by atoms with van der Waals surface area (Å²) >= 11 is 0. The molecule has 0 radical (unpaired) electrons.